The molecule has 1 aromatic rings. The number of carbonyl (C=O) groups is 2. The lowest BCUT2D eigenvalue weighted by molar-refractivity contribution is -0.141. The first-order chi connectivity index (χ1) is 7.59. The summed E-state index contributed by atoms with van der Waals surface area (Å²) in [5.41, 5.74) is 0.0382. The summed E-state index contributed by atoms with van der Waals surface area (Å²) in [6.45, 7) is -0.00319. The van der Waals surface area contributed by atoms with Gasteiger partial charge in [-0.15, -0.1) is 0 Å². The van der Waals surface area contributed by atoms with Crippen LogP contribution in [-0.4, -0.2) is 28.5 Å². The number of carboxylic acids is 1. The first-order valence-electron chi connectivity index (χ1n) is 4.73. The van der Waals surface area contributed by atoms with Gasteiger partial charge in [0.2, 0.25) is 11.9 Å². The lowest BCUT2D eigenvalue weighted by Gasteiger charge is -2.15. The van der Waals surface area contributed by atoms with E-state index in [2.05, 4.69) is 4.98 Å². The molecule has 1 aliphatic rings. The first-order valence-corrected chi connectivity index (χ1v) is 4.73. The second kappa shape index (κ2) is 3.88. The van der Waals surface area contributed by atoms with Crippen molar-refractivity contribution in [2.24, 2.45) is 5.92 Å². The molecule has 1 aliphatic heterocycles. The number of aromatic nitrogens is 1. The Kier molecular flexibility index (Phi) is 2.55. The fraction of sp³-hybridized carbons (Fsp3) is 0.300. The second-order valence-corrected chi connectivity index (χ2v) is 3.56. The highest BCUT2D eigenvalue weighted by Gasteiger charge is 2.36. The van der Waals surface area contributed by atoms with Gasteiger partial charge in [0.15, 0.2) is 0 Å². The van der Waals surface area contributed by atoms with Crippen LogP contribution in [0.25, 0.3) is 0 Å². The molecule has 1 aromatic heterocycles. The third kappa shape index (κ3) is 1.73. The van der Waals surface area contributed by atoms with Crippen LogP contribution in [-0.2, 0) is 9.59 Å². The van der Waals surface area contributed by atoms with Gasteiger partial charge in [0, 0.05) is 19.2 Å². The number of pyridine rings is 1. The number of aliphatic carboxylic acids is 1. The smallest absolute Gasteiger partial charge is 0.308 e. The van der Waals surface area contributed by atoms with E-state index >= 15 is 0 Å². The van der Waals surface area contributed by atoms with Crippen LogP contribution in [0, 0.1) is 11.9 Å². The number of carbonyl (C=O) groups excluding carboxylic acids is 1. The highest BCUT2D eigenvalue weighted by atomic mass is 19.1. The van der Waals surface area contributed by atoms with Crippen LogP contribution < -0.4 is 4.90 Å². The molecule has 1 N–H and O–H groups in total. The molecule has 0 radical (unpaired) electrons. The number of anilines is 1. The molecular weight excluding hydrogens is 215 g/mol. The van der Waals surface area contributed by atoms with Crippen LogP contribution >= 0.6 is 0 Å². The maximum absolute atomic E-state index is 13.3. The monoisotopic (exact) mass is 224 g/mol. The van der Waals surface area contributed by atoms with Crippen molar-refractivity contribution in [3.05, 3.63) is 24.3 Å². The lowest BCUT2D eigenvalue weighted by atomic mass is 10.1. The molecule has 6 heteroatoms. The summed E-state index contributed by atoms with van der Waals surface area (Å²) >= 11 is 0. The third-order valence-electron chi connectivity index (χ3n) is 2.50. The zero-order valence-corrected chi connectivity index (χ0v) is 8.26. The highest BCUT2D eigenvalue weighted by Crippen LogP contribution is 2.26. The molecule has 5 nitrogen and oxygen atoms in total. The Hall–Kier alpha value is -1.98. The van der Waals surface area contributed by atoms with Crippen LogP contribution in [0.3, 0.4) is 0 Å². The van der Waals surface area contributed by atoms with Crippen molar-refractivity contribution in [3.63, 3.8) is 0 Å². The van der Waals surface area contributed by atoms with E-state index in [0.29, 0.717) is 0 Å². The summed E-state index contributed by atoms with van der Waals surface area (Å²) in [4.78, 5) is 26.8. The Balaban J connectivity index is 2.27. The summed E-state index contributed by atoms with van der Waals surface area (Å²) in [6, 6.07) is 2.91. The maximum atomic E-state index is 13.3. The van der Waals surface area contributed by atoms with E-state index in [4.69, 9.17) is 5.11 Å². The largest absolute Gasteiger partial charge is 0.481 e. The van der Waals surface area contributed by atoms with E-state index in [1.54, 1.807) is 0 Å². The number of rotatable bonds is 2. The molecule has 0 spiro atoms. The Labute approximate surface area is 90.5 Å². The van der Waals surface area contributed by atoms with Crippen molar-refractivity contribution in [3.8, 4) is 0 Å². The standard InChI is InChI=1S/C10H9FN2O3/c11-9-7(2-1-3-12-9)13-5-6(10(15)16)4-8(13)14/h1-3,6H,4-5H2,(H,15,16). The predicted octanol–water partition coefficient (Wildman–Crippen LogP) is 0.658. The van der Waals surface area contributed by atoms with Gasteiger partial charge in [0.05, 0.1) is 11.6 Å². The van der Waals surface area contributed by atoms with Crippen LogP contribution in [0.5, 0.6) is 0 Å². The zero-order chi connectivity index (χ0) is 11.7. The Morgan fingerprint density at radius 3 is 2.94 bits per heavy atom. The fourth-order valence-corrected chi connectivity index (χ4v) is 1.68. The van der Waals surface area contributed by atoms with E-state index in [-0.39, 0.29) is 24.6 Å². The molecule has 0 saturated carbocycles. The molecule has 1 fully saturated rings. The minimum Gasteiger partial charge on any atom is -0.481 e. The van der Waals surface area contributed by atoms with Gasteiger partial charge in [-0.1, -0.05) is 0 Å². The average Bonchev–Trinajstić information content (AvgIpc) is 2.61. The van der Waals surface area contributed by atoms with Gasteiger partial charge in [0.1, 0.15) is 0 Å². The topological polar surface area (TPSA) is 70.5 Å². The summed E-state index contributed by atoms with van der Waals surface area (Å²) in [5, 5.41) is 8.78. The second-order valence-electron chi connectivity index (χ2n) is 3.56. The Morgan fingerprint density at radius 1 is 1.62 bits per heavy atom. The summed E-state index contributed by atoms with van der Waals surface area (Å²) in [5.74, 6) is -2.96. The molecule has 84 valence electrons. The van der Waals surface area contributed by atoms with Crippen molar-refractivity contribution < 1.29 is 19.1 Å². The summed E-state index contributed by atoms with van der Waals surface area (Å²) in [7, 11) is 0. The number of nitrogens with zero attached hydrogens (tertiary/aromatic N) is 2. The van der Waals surface area contributed by atoms with Crippen molar-refractivity contribution in [1.82, 2.24) is 4.98 Å². The van der Waals surface area contributed by atoms with Crippen molar-refractivity contribution in [2.75, 3.05) is 11.4 Å². The Morgan fingerprint density at radius 2 is 2.38 bits per heavy atom. The molecular formula is C10H9FN2O3. The van der Waals surface area contributed by atoms with Gasteiger partial charge < -0.3 is 10.0 Å². The molecule has 16 heavy (non-hydrogen) atoms. The molecule has 0 aliphatic carbocycles. The SMILES string of the molecule is O=C(O)C1CC(=O)N(c2cccnc2F)C1. The summed E-state index contributed by atoms with van der Waals surface area (Å²) in [6.07, 6.45) is 1.18. The van der Waals surface area contributed by atoms with Crippen LogP contribution in [0.2, 0.25) is 0 Å². The fourth-order valence-electron chi connectivity index (χ4n) is 1.68. The Bertz CT molecular complexity index is 449. The van der Waals surface area contributed by atoms with Crippen LogP contribution in [0.15, 0.2) is 18.3 Å². The van der Waals surface area contributed by atoms with Gasteiger partial charge >= 0.3 is 5.97 Å². The molecule has 0 aromatic carbocycles. The number of carboxylic acid groups (broad SMARTS) is 1. The molecule has 2 heterocycles. The number of amides is 1. The van der Waals surface area contributed by atoms with E-state index in [9.17, 15) is 14.0 Å². The van der Waals surface area contributed by atoms with E-state index in [0.717, 1.165) is 4.90 Å². The predicted molar refractivity (Wildman–Crippen MR) is 52.3 cm³/mol. The highest BCUT2D eigenvalue weighted by molar-refractivity contribution is 5.99. The van der Waals surface area contributed by atoms with Crippen molar-refractivity contribution in [2.45, 2.75) is 6.42 Å². The summed E-state index contributed by atoms with van der Waals surface area (Å²) < 4.78 is 13.3. The first kappa shape index (κ1) is 10.5. The number of hydrogen-bond acceptors (Lipinski definition) is 3. The van der Waals surface area contributed by atoms with Gasteiger partial charge in [0.25, 0.3) is 0 Å². The van der Waals surface area contributed by atoms with Gasteiger partial charge in [-0.25, -0.2) is 4.98 Å². The van der Waals surface area contributed by atoms with E-state index < -0.39 is 17.8 Å². The molecule has 1 atom stereocenters. The van der Waals surface area contributed by atoms with Crippen molar-refractivity contribution in [1.29, 1.82) is 0 Å². The average molecular weight is 224 g/mol. The third-order valence-corrected chi connectivity index (χ3v) is 2.50. The maximum Gasteiger partial charge on any atom is 0.308 e. The molecule has 2 rings (SSSR count). The van der Waals surface area contributed by atoms with Crippen LogP contribution in [0.1, 0.15) is 6.42 Å². The minimum atomic E-state index is -1.04. The molecule has 1 amide bonds. The number of halogens is 1. The molecule has 0 bridgehead atoms. The molecule has 1 saturated heterocycles. The quantitative estimate of drug-likeness (QED) is 0.749. The molecule has 1 unspecified atom stereocenters. The van der Waals surface area contributed by atoms with Gasteiger partial charge in [-0.05, 0) is 12.1 Å². The van der Waals surface area contributed by atoms with Crippen LogP contribution in [0.4, 0.5) is 10.1 Å². The van der Waals surface area contributed by atoms with Gasteiger partial charge in [-0.3, -0.25) is 9.59 Å². The van der Waals surface area contributed by atoms with Crippen molar-refractivity contribution >= 4 is 17.6 Å². The van der Waals surface area contributed by atoms with Gasteiger partial charge in [-0.2, -0.15) is 4.39 Å². The lowest BCUT2D eigenvalue weighted by Crippen LogP contribution is -2.26. The van der Waals surface area contributed by atoms with E-state index in [1.165, 1.54) is 18.3 Å². The zero-order valence-electron chi connectivity index (χ0n) is 8.26. The number of hydrogen-bond donors (Lipinski definition) is 1. The normalized spacial score (nSPS) is 20.2. The minimum absolute atomic E-state index is 0.00319. The van der Waals surface area contributed by atoms with E-state index in [1.807, 2.05) is 0 Å².